The molecule has 120 valence electrons. The molecule has 1 aromatic rings. The van der Waals surface area contributed by atoms with Crippen LogP contribution in [0.15, 0.2) is 24.3 Å². The summed E-state index contributed by atoms with van der Waals surface area (Å²) >= 11 is 0. The first-order valence-corrected chi connectivity index (χ1v) is 7.80. The maximum absolute atomic E-state index is 12.5. The number of carbonyl (C=O) groups is 2. The normalized spacial score (nSPS) is 17.7. The molecule has 0 saturated carbocycles. The van der Waals surface area contributed by atoms with Crippen LogP contribution in [-0.2, 0) is 4.79 Å². The summed E-state index contributed by atoms with van der Waals surface area (Å²) in [5.41, 5.74) is 6.71. The van der Waals surface area contributed by atoms with Gasteiger partial charge in [-0.2, -0.15) is 0 Å². The third-order valence-electron chi connectivity index (χ3n) is 4.59. The standard InChI is InChI=1S/C17H25N3O2/c1-12(2)17(3,11-18)19-16(22)13-6-4-7-14(10-13)20-9-5-8-15(20)21/h4,6-7,10,12H,5,8-9,11,18H2,1-3H3,(H,19,22). The third kappa shape index (κ3) is 3.30. The molecule has 22 heavy (non-hydrogen) atoms. The number of carbonyl (C=O) groups excluding carboxylic acids is 2. The van der Waals surface area contributed by atoms with Gasteiger partial charge in [0.2, 0.25) is 5.91 Å². The van der Waals surface area contributed by atoms with E-state index in [1.807, 2.05) is 32.9 Å². The number of rotatable bonds is 5. The van der Waals surface area contributed by atoms with Crippen molar-refractivity contribution >= 4 is 17.5 Å². The molecule has 1 atom stereocenters. The van der Waals surface area contributed by atoms with Crippen LogP contribution in [0.5, 0.6) is 0 Å². The lowest BCUT2D eigenvalue weighted by atomic mass is 9.88. The van der Waals surface area contributed by atoms with Crippen LogP contribution in [0.3, 0.4) is 0 Å². The quantitative estimate of drug-likeness (QED) is 0.872. The predicted octanol–water partition coefficient (Wildman–Crippen LogP) is 1.92. The lowest BCUT2D eigenvalue weighted by Gasteiger charge is -2.33. The SMILES string of the molecule is CC(C)C(C)(CN)NC(=O)c1cccc(N2CCCC2=O)c1. The van der Waals surface area contributed by atoms with Gasteiger partial charge in [0.15, 0.2) is 0 Å². The molecule has 1 aliphatic heterocycles. The van der Waals surface area contributed by atoms with Gasteiger partial charge < -0.3 is 16.0 Å². The Morgan fingerprint density at radius 2 is 2.18 bits per heavy atom. The molecule has 0 spiro atoms. The monoisotopic (exact) mass is 303 g/mol. The molecule has 1 aromatic carbocycles. The van der Waals surface area contributed by atoms with E-state index >= 15 is 0 Å². The van der Waals surface area contributed by atoms with Gasteiger partial charge in [-0.15, -0.1) is 0 Å². The molecular formula is C17H25N3O2. The Labute approximate surface area is 131 Å². The Hall–Kier alpha value is -1.88. The van der Waals surface area contributed by atoms with E-state index in [0.29, 0.717) is 18.5 Å². The number of hydrogen-bond donors (Lipinski definition) is 2. The first-order valence-electron chi connectivity index (χ1n) is 7.80. The number of benzene rings is 1. The minimum absolute atomic E-state index is 0.117. The maximum Gasteiger partial charge on any atom is 0.251 e. The molecule has 0 aromatic heterocycles. The smallest absolute Gasteiger partial charge is 0.251 e. The summed E-state index contributed by atoms with van der Waals surface area (Å²) in [6, 6.07) is 7.21. The van der Waals surface area contributed by atoms with Crippen LogP contribution in [0.25, 0.3) is 0 Å². The zero-order valence-electron chi connectivity index (χ0n) is 13.6. The van der Waals surface area contributed by atoms with Crippen LogP contribution in [-0.4, -0.2) is 30.4 Å². The van der Waals surface area contributed by atoms with Crippen molar-refractivity contribution in [1.29, 1.82) is 0 Å². The molecule has 1 heterocycles. The summed E-state index contributed by atoms with van der Waals surface area (Å²) in [6.07, 6.45) is 1.45. The van der Waals surface area contributed by atoms with Crippen molar-refractivity contribution < 1.29 is 9.59 Å². The molecule has 5 nitrogen and oxygen atoms in total. The highest BCUT2D eigenvalue weighted by molar-refractivity contribution is 5.99. The van der Waals surface area contributed by atoms with E-state index in [-0.39, 0.29) is 17.7 Å². The van der Waals surface area contributed by atoms with Crippen LogP contribution < -0.4 is 16.0 Å². The van der Waals surface area contributed by atoms with E-state index < -0.39 is 5.54 Å². The predicted molar refractivity (Wildman–Crippen MR) is 87.8 cm³/mol. The summed E-state index contributed by atoms with van der Waals surface area (Å²) < 4.78 is 0. The molecule has 0 radical (unpaired) electrons. The summed E-state index contributed by atoms with van der Waals surface area (Å²) in [7, 11) is 0. The lowest BCUT2D eigenvalue weighted by Crippen LogP contribution is -2.55. The van der Waals surface area contributed by atoms with Crippen LogP contribution in [0.4, 0.5) is 5.69 Å². The highest BCUT2D eigenvalue weighted by atomic mass is 16.2. The average molecular weight is 303 g/mol. The van der Waals surface area contributed by atoms with E-state index in [4.69, 9.17) is 5.73 Å². The van der Waals surface area contributed by atoms with Gasteiger partial charge >= 0.3 is 0 Å². The minimum atomic E-state index is -0.448. The zero-order valence-corrected chi connectivity index (χ0v) is 13.6. The molecule has 1 unspecified atom stereocenters. The first kappa shape index (κ1) is 16.5. The van der Waals surface area contributed by atoms with E-state index in [2.05, 4.69) is 5.32 Å². The number of anilines is 1. The highest BCUT2D eigenvalue weighted by Gasteiger charge is 2.29. The van der Waals surface area contributed by atoms with Gasteiger partial charge in [0, 0.05) is 30.8 Å². The van der Waals surface area contributed by atoms with Gasteiger partial charge in [0.05, 0.1) is 5.54 Å². The third-order valence-corrected chi connectivity index (χ3v) is 4.59. The molecule has 0 aliphatic carbocycles. The molecule has 2 rings (SSSR count). The van der Waals surface area contributed by atoms with Gasteiger partial charge in [0.1, 0.15) is 0 Å². The minimum Gasteiger partial charge on any atom is -0.345 e. The number of hydrogen-bond acceptors (Lipinski definition) is 3. The molecule has 0 bridgehead atoms. The maximum atomic E-state index is 12.5. The fourth-order valence-corrected chi connectivity index (χ4v) is 2.50. The van der Waals surface area contributed by atoms with Crippen molar-refractivity contribution in [3.63, 3.8) is 0 Å². The largest absolute Gasteiger partial charge is 0.345 e. The molecule has 5 heteroatoms. The number of amides is 2. The zero-order chi connectivity index (χ0) is 16.3. The van der Waals surface area contributed by atoms with Crippen molar-refractivity contribution in [1.82, 2.24) is 5.32 Å². The van der Waals surface area contributed by atoms with Crippen molar-refractivity contribution in [3.05, 3.63) is 29.8 Å². The van der Waals surface area contributed by atoms with Crippen LogP contribution >= 0.6 is 0 Å². The van der Waals surface area contributed by atoms with Crippen LogP contribution in [0, 0.1) is 5.92 Å². The Morgan fingerprint density at radius 1 is 1.45 bits per heavy atom. The summed E-state index contributed by atoms with van der Waals surface area (Å²) in [4.78, 5) is 26.1. The lowest BCUT2D eigenvalue weighted by molar-refractivity contribution is -0.117. The van der Waals surface area contributed by atoms with Gasteiger partial charge in [0.25, 0.3) is 5.91 Å². The number of nitrogens with two attached hydrogens (primary N) is 1. The fraction of sp³-hybridized carbons (Fsp3) is 0.529. The molecule has 2 amide bonds. The molecule has 1 aliphatic rings. The molecular weight excluding hydrogens is 278 g/mol. The summed E-state index contributed by atoms with van der Waals surface area (Å²) in [6.45, 7) is 7.11. The molecule has 3 N–H and O–H groups in total. The Kier molecular flexibility index (Phi) is 4.86. The van der Waals surface area contributed by atoms with Crippen molar-refractivity contribution in [2.75, 3.05) is 18.0 Å². The van der Waals surface area contributed by atoms with E-state index in [1.165, 1.54) is 0 Å². The Balaban J connectivity index is 2.19. The van der Waals surface area contributed by atoms with Crippen LogP contribution in [0.2, 0.25) is 0 Å². The van der Waals surface area contributed by atoms with Gasteiger partial charge in [-0.25, -0.2) is 0 Å². The second-order valence-electron chi connectivity index (χ2n) is 6.43. The van der Waals surface area contributed by atoms with Crippen molar-refractivity contribution in [2.45, 2.75) is 39.2 Å². The first-order chi connectivity index (χ1) is 10.4. The van der Waals surface area contributed by atoms with Gasteiger partial charge in [-0.1, -0.05) is 19.9 Å². The van der Waals surface area contributed by atoms with Crippen molar-refractivity contribution in [3.8, 4) is 0 Å². The summed E-state index contributed by atoms with van der Waals surface area (Å²) in [5, 5.41) is 3.02. The van der Waals surface area contributed by atoms with Crippen LogP contribution in [0.1, 0.15) is 44.0 Å². The Bertz CT molecular complexity index is 571. The highest BCUT2D eigenvalue weighted by Crippen LogP contribution is 2.23. The average Bonchev–Trinajstić information content (AvgIpc) is 2.93. The number of nitrogens with one attached hydrogen (secondary N) is 1. The second-order valence-corrected chi connectivity index (χ2v) is 6.43. The second kappa shape index (κ2) is 6.48. The number of nitrogens with zero attached hydrogens (tertiary/aromatic N) is 1. The van der Waals surface area contributed by atoms with Gasteiger partial charge in [-0.05, 0) is 37.5 Å². The fourth-order valence-electron chi connectivity index (χ4n) is 2.50. The van der Waals surface area contributed by atoms with E-state index in [1.54, 1.807) is 17.0 Å². The Morgan fingerprint density at radius 3 is 2.73 bits per heavy atom. The van der Waals surface area contributed by atoms with E-state index in [0.717, 1.165) is 18.7 Å². The van der Waals surface area contributed by atoms with E-state index in [9.17, 15) is 9.59 Å². The van der Waals surface area contributed by atoms with Gasteiger partial charge in [-0.3, -0.25) is 9.59 Å². The molecule has 1 fully saturated rings. The molecule has 1 saturated heterocycles. The summed E-state index contributed by atoms with van der Waals surface area (Å²) in [5.74, 6) is 0.187. The van der Waals surface area contributed by atoms with Crippen molar-refractivity contribution in [2.24, 2.45) is 11.7 Å². The topological polar surface area (TPSA) is 75.4 Å².